The van der Waals surface area contributed by atoms with Crippen LogP contribution in [0.5, 0.6) is 0 Å². The molecule has 10 heavy (non-hydrogen) atoms. The average molecular weight is 146 g/mol. The van der Waals surface area contributed by atoms with Crippen molar-refractivity contribution >= 4 is 0 Å². The van der Waals surface area contributed by atoms with Crippen molar-refractivity contribution in [3.63, 3.8) is 0 Å². The Balaban J connectivity index is 2.97. The molecule has 62 valence electrons. The van der Waals surface area contributed by atoms with Crippen LogP contribution in [0.4, 0.5) is 0 Å². The van der Waals surface area contributed by atoms with Crippen molar-refractivity contribution in [1.29, 1.82) is 0 Å². The molecule has 0 aliphatic rings. The smallest absolute Gasteiger partial charge is 0.0617 e. The summed E-state index contributed by atoms with van der Waals surface area (Å²) < 4.78 is 5.21. The minimum Gasteiger partial charge on any atom is -0.379 e. The predicted octanol–water partition coefficient (Wildman–Crippen LogP) is -0.0403. The Bertz CT molecular complexity index is 68.6. The normalized spacial score (nSPS) is 13.5. The molecule has 1 atom stereocenters. The zero-order chi connectivity index (χ0) is 7.82. The van der Waals surface area contributed by atoms with Crippen LogP contribution in [0.3, 0.4) is 0 Å². The molecule has 0 aliphatic heterocycles. The second-order valence-corrected chi connectivity index (χ2v) is 2.32. The van der Waals surface area contributed by atoms with Gasteiger partial charge in [0, 0.05) is 12.6 Å². The molecule has 0 amide bonds. The maximum Gasteiger partial charge on any atom is 0.0617 e. The quantitative estimate of drug-likeness (QED) is 0.517. The van der Waals surface area contributed by atoms with E-state index < -0.39 is 0 Å². The average Bonchev–Trinajstić information content (AvgIpc) is 1.89. The summed E-state index contributed by atoms with van der Waals surface area (Å²) in [6, 6.07) is 0.441. The Kier molecular flexibility index (Phi) is 6.91. The van der Waals surface area contributed by atoms with Gasteiger partial charge in [0.1, 0.15) is 0 Å². The molecule has 1 unspecified atom stereocenters. The number of nitrogens with one attached hydrogen (secondary N) is 1. The molecular formula is C7H18N2O. The number of ether oxygens (including phenoxy) is 1. The van der Waals surface area contributed by atoms with Gasteiger partial charge in [-0.15, -0.1) is 0 Å². The van der Waals surface area contributed by atoms with E-state index in [4.69, 9.17) is 10.5 Å². The third-order valence-corrected chi connectivity index (χ3v) is 1.18. The van der Waals surface area contributed by atoms with Crippen LogP contribution in [0, 0.1) is 0 Å². The molecule has 3 nitrogen and oxygen atoms in total. The highest BCUT2D eigenvalue weighted by atomic mass is 16.5. The molecule has 0 radical (unpaired) electrons. The number of hydrogen-bond donors (Lipinski definition) is 2. The highest BCUT2D eigenvalue weighted by Crippen LogP contribution is 1.82. The van der Waals surface area contributed by atoms with E-state index in [0.717, 1.165) is 13.2 Å². The monoisotopic (exact) mass is 146 g/mol. The van der Waals surface area contributed by atoms with Crippen LogP contribution in [0.2, 0.25) is 0 Å². The molecule has 0 rings (SSSR count). The first-order chi connectivity index (χ1) is 4.81. The number of rotatable bonds is 6. The van der Waals surface area contributed by atoms with Gasteiger partial charge in [0.15, 0.2) is 0 Å². The molecule has 0 aromatic carbocycles. The molecule has 3 N–H and O–H groups in total. The van der Waals surface area contributed by atoms with Gasteiger partial charge in [0.25, 0.3) is 0 Å². The first-order valence-electron chi connectivity index (χ1n) is 3.82. The van der Waals surface area contributed by atoms with Gasteiger partial charge >= 0.3 is 0 Å². The van der Waals surface area contributed by atoms with Gasteiger partial charge in [-0.05, 0) is 13.5 Å². The summed E-state index contributed by atoms with van der Waals surface area (Å²) in [4.78, 5) is 0. The summed E-state index contributed by atoms with van der Waals surface area (Å²) in [6.07, 6.45) is 0. The zero-order valence-corrected chi connectivity index (χ0v) is 6.89. The van der Waals surface area contributed by atoms with Crippen LogP contribution in [0.15, 0.2) is 0 Å². The van der Waals surface area contributed by atoms with Crippen molar-refractivity contribution in [2.45, 2.75) is 19.9 Å². The standard InChI is InChI=1S/C7H18N2O/c1-3-9-7(2)6-10-5-4-8/h7,9H,3-6,8H2,1-2H3. The summed E-state index contributed by atoms with van der Waals surface area (Å²) in [6.45, 7) is 7.20. The van der Waals surface area contributed by atoms with Crippen LogP contribution in [-0.4, -0.2) is 32.3 Å². The number of nitrogens with two attached hydrogens (primary N) is 1. The molecular weight excluding hydrogens is 128 g/mol. The lowest BCUT2D eigenvalue weighted by Crippen LogP contribution is -2.30. The van der Waals surface area contributed by atoms with E-state index in [2.05, 4.69) is 19.2 Å². The Morgan fingerprint density at radius 2 is 2.30 bits per heavy atom. The lowest BCUT2D eigenvalue weighted by atomic mass is 10.3. The first-order valence-corrected chi connectivity index (χ1v) is 3.82. The van der Waals surface area contributed by atoms with Gasteiger partial charge in [-0.25, -0.2) is 0 Å². The van der Waals surface area contributed by atoms with E-state index in [-0.39, 0.29) is 0 Å². The van der Waals surface area contributed by atoms with E-state index in [1.165, 1.54) is 0 Å². The molecule has 0 aromatic heterocycles. The molecule has 0 spiro atoms. The van der Waals surface area contributed by atoms with Gasteiger partial charge in [0.05, 0.1) is 13.2 Å². The lowest BCUT2D eigenvalue weighted by molar-refractivity contribution is 0.123. The summed E-state index contributed by atoms with van der Waals surface area (Å²) in [5.41, 5.74) is 5.24. The van der Waals surface area contributed by atoms with Crippen LogP contribution in [0.25, 0.3) is 0 Å². The Morgan fingerprint density at radius 1 is 1.60 bits per heavy atom. The summed E-state index contributed by atoms with van der Waals surface area (Å²) in [7, 11) is 0. The fourth-order valence-electron chi connectivity index (χ4n) is 0.751. The molecule has 3 heteroatoms. The van der Waals surface area contributed by atoms with Crippen LogP contribution in [-0.2, 0) is 4.74 Å². The van der Waals surface area contributed by atoms with E-state index in [1.54, 1.807) is 0 Å². The van der Waals surface area contributed by atoms with Crippen LogP contribution in [0.1, 0.15) is 13.8 Å². The van der Waals surface area contributed by atoms with Gasteiger partial charge in [-0.1, -0.05) is 6.92 Å². The second kappa shape index (κ2) is 6.99. The van der Waals surface area contributed by atoms with Crippen molar-refractivity contribution in [2.75, 3.05) is 26.3 Å². The van der Waals surface area contributed by atoms with Crippen molar-refractivity contribution in [1.82, 2.24) is 5.32 Å². The first kappa shape index (κ1) is 9.88. The Hall–Kier alpha value is -0.120. The largest absolute Gasteiger partial charge is 0.379 e. The topological polar surface area (TPSA) is 47.3 Å². The van der Waals surface area contributed by atoms with Gasteiger partial charge in [-0.3, -0.25) is 0 Å². The zero-order valence-electron chi connectivity index (χ0n) is 6.89. The van der Waals surface area contributed by atoms with Crippen molar-refractivity contribution in [3.05, 3.63) is 0 Å². The molecule has 0 aliphatic carbocycles. The van der Waals surface area contributed by atoms with Gasteiger partial charge in [0.2, 0.25) is 0 Å². The second-order valence-electron chi connectivity index (χ2n) is 2.32. The molecule has 0 saturated heterocycles. The number of likely N-dealkylation sites (N-methyl/N-ethyl adjacent to an activating group) is 1. The minimum absolute atomic E-state index is 0.441. The Morgan fingerprint density at radius 3 is 2.80 bits per heavy atom. The van der Waals surface area contributed by atoms with Crippen molar-refractivity contribution in [3.8, 4) is 0 Å². The third kappa shape index (κ3) is 6.01. The van der Waals surface area contributed by atoms with Gasteiger partial charge in [-0.2, -0.15) is 0 Å². The summed E-state index contributed by atoms with van der Waals surface area (Å²) >= 11 is 0. The Labute approximate surface area is 62.9 Å². The van der Waals surface area contributed by atoms with Crippen LogP contribution < -0.4 is 11.1 Å². The third-order valence-electron chi connectivity index (χ3n) is 1.18. The minimum atomic E-state index is 0.441. The predicted molar refractivity (Wildman–Crippen MR) is 43.0 cm³/mol. The molecule has 0 heterocycles. The summed E-state index contributed by atoms with van der Waals surface area (Å²) in [5, 5.41) is 3.24. The fraction of sp³-hybridized carbons (Fsp3) is 1.00. The maximum absolute atomic E-state index is 5.24. The van der Waals surface area contributed by atoms with E-state index in [0.29, 0.717) is 19.2 Å². The van der Waals surface area contributed by atoms with Crippen molar-refractivity contribution < 1.29 is 4.74 Å². The molecule has 0 bridgehead atoms. The van der Waals surface area contributed by atoms with E-state index in [1.807, 2.05) is 0 Å². The highest BCUT2D eigenvalue weighted by Gasteiger charge is 1.96. The lowest BCUT2D eigenvalue weighted by Gasteiger charge is -2.11. The van der Waals surface area contributed by atoms with Gasteiger partial charge < -0.3 is 15.8 Å². The molecule has 0 saturated carbocycles. The van der Waals surface area contributed by atoms with E-state index in [9.17, 15) is 0 Å². The number of hydrogen-bond acceptors (Lipinski definition) is 3. The SMILES string of the molecule is CCNC(C)COCCN. The van der Waals surface area contributed by atoms with E-state index >= 15 is 0 Å². The summed E-state index contributed by atoms with van der Waals surface area (Å²) in [5.74, 6) is 0. The highest BCUT2D eigenvalue weighted by molar-refractivity contribution is 4.56. The fourth-order valence-corrected chi connectivity index (χ4v) is 0.751. The van der Waals surface area contributed by atoms with Crippen molar-refractivity contribution in [2.24, 2.45) is 5.73 Å². The maximum atomic E-state index is 5.24. The molecule has 0 aromatic rings. The van der Waals surface area contributed by atoms with Crippen LogP contribution >= 0.6 is 0 Å². The molecule has 0 fully saturated rings.